The molecule has 1 atom stereocenters. The van der Waals surface area contributed by atoms with Crippen LogP contribution in [-0.4, -0.2) is 56.5 Å². The third-order valence-corrected chi connectivity index (χ3v) is 5.63. The summed E-state index contributed by atoms with van der Waals surface area (Å²) in [7, 11) is 1.63. The highest BCUT2D eigenvalue weighted by Gasteiger charge is 2.32. The summed E-state index contributed by atoms with van der Waals surface area (Å²) in [6, 6.07) is 9.91. The molecular formula is C25H29N7O3. The van der Waals surface area contributed by atoms with Gasteiger partial charge in [-0.15, -0.1) is 0 Å². The Morgan fingerprint density at radius 2 is 2.09 bits per heavy atom. The minimum absolute atomic E-state index is 0.0943. The number of methoxy groups -OCH3 is 1. The van der Waals surface area contributed by atoms with E-state index in [0.29, 0.717) is 23.9 Å². The number of amides is 1. The van der Waals surface area contributed by atoms with E-state index in [1.54, 1.807) is 7.11 Å². The molecule has 182 valence electrons. The first-order valence-corrected chi connectivity index (χ1v) is 11.5. The summed E-state index contributed by atoms with van der Waals surface area (Å²) in [5.41, 5.74) is 2.44. The van der Waals surface area contributed by atoms with Gasteiger partial charge in [-0.25, -0.2) is 14.8 Å². The molecule has 0 spiro atoms. The molecule has 1 aliphatic rings. The first-order valence-electron chi connectivity index (χ1n) is 11.5. The van der Waals surface area contributed by atoms with Crippen molar-refractivity contribution in [3.63, 3.8) is 0 Å². The van der Waals surface area contributed by atoms with E-state index in [1.807, 2.05) is 56.0 Å². The normalized spacial score (nSPS) is 15.5. The molecule has 2 aromatic heterocycles. The Hall–Kier alpha value is -4.13. The van der Waals surface area contributed by atoms with E-state index >= 15 is 0 Å². The van der Waals surface area contributed by atoms with E-state index in [2.05, 4.69) is 25.5 Å². The smallest absolute Gasteiger partial charge is 0.410 e. The van der Waals surface area contributed by atoms with Gasteiger partial charge in [0.25, 0.3) is 0 Å². The minimum Gasteiger partial charge on any atom is -0.496 e. The van der Waals surface area contributed by atoms with Gasteiger partial charge in [0, 0.05) is 24.2 Å². The number of carbonyl (C=O) groups excluding carboxylic acids is 1. The number of hydrogen-bond donors (Lipinski definition) is 2. The third kappa shape index (κ3) is 5.87. The minimum atomic E-state index is -0.514. The van der Waals surface area contributed by atoms with Gasteiger partial charge in [0.05, 0.1) is 25.2 Å². The van der Waals surface area contributed by atoms with Gasteiger partial charge in [0.2, 0.25) is 0 Å². The number of likely N-dealkylation sites (tertiary alicyclic amines) is 1. The number of benzene rings is 1. The fourth-order valence-electron chi connectivity index (χ4n) is 4.07. The van der Waals surface area contributed by atoms with E-state index in [-0.39, 0.29) is 17.8 Å². The molecule has 10 heteroatoms. The molecule has 1 fully saturated rings. The fraction of sp³-hybridized carbons (Fsp3) is 0.400. The van der Waals surface area contributed by atoms with Crippen LogP contribution in [0.3, 0.4) is 0 Å². The lowest BCUT2D eigenvalue weighted by atomic mass is 10.0. The number of nitriles is 1. The standard InChI is InChI=1S/C25H29N7O3/c1-25(2,3)35-24(33)32-9-5-6-18(32)10-16-7-8-19(21(11-16)34-4)20-12-22(31-30-20)29-23-15-27-17(13-26)14-28-23/h7-8,11-12,14-15,18H,5-6,9-10H2,1-4H3,(H2,28,29,30,31). The van der Waals surface area contributed by atoms with Gasteiger partial charge in [-0.3, -0.25) is 5.10 Å². The second-order valence-electron chi connectivity index (χ2n) is 9.40. The average molecular weight is 476 g/mol. The van der Waals surface area contributed by atoms with Crippen LogP contribution in [0.2, 0.25) is 0 Å². The zero-order valence-corrected chi connectivity index (χ0v) is 20.3. The number of aromatic amines is 1. The van der Waals surface area contributed by atoms with E-state index in [9.17, 15) is 4.79 Å². The summed E-state index contributed by atoms with van der Waals surface area (Å²) in [5.74, 6) is 1.75. The van der Waals surface area contributed by atoms with Crippen LogP contribution in [0.4, 0.5) is 16.4 Å². The van der Waals surface area contributed by atoms with Crippen molar-refractivity contribution in [2.24, 2.45) is 0 Å². The highest BCUT2D eigenvalue weighted by molar-refractivity contribution is 5.71. The highest BCUT2D eigenvalue weighted by atomic mass is 16.6. The fourth-order valence-corrected chi connectivity index (χ4v) is 4.07. The van der Waals surface area contributed by atoms with Crippen LogP contribution in [0, 0.1) is 11.3 Å². The molecule has 0 radical (unpaired) electrons. The molecule has 1 aromatic carbocycles. The van der Waals surface area contributed by atoms with E-state index in [4.69, 9.17) is 14.7 Å². The topological polar surface area (TPSA) is 129 Å². The Labute approximate surface area is 204 Å². The predicted octanol–water partition coefficient (Wildman–Crippen LogP) is 4.43. The maximum Gasteiger partial charge on any atom is 0.410 e. The number of aromatic nitrogens is 4. The van der Waals surface area contributed by atoms with Gasteiger partial charge in [0.15, 0.2) is 11.5 Å². The van der Waals surface area contributed by atoms with Crippen molar-refractivity contribution in [1.29, 1.82) is 5.26 Å². The molecule has 35 heavy (non-hydrogen) atoms. The molecule has 4 rings (SSSR count). The Kier molecular flexibility index (Phi) is 6.87. The monoisotopic (exact) mass is 475 g/mol. The first-order chi connectivity index (χ1) is 16.8. The van der Waals surface area contributed by atoms with Gasteiger partial charge < -0.3 is 19.7 Å². The maximum atomic E-state index is 12.6. The van der Waals surface area contributed by atoms with Gasteiger partial charge in [-0.1, -0.05) is 6.07 Å². The average Bonchev–Trinajstić information content (AvgIpc) is 3.48. The second kappa shape index (κ2) is 10.0. The second-order valence-corrected chi connectivity index (χ2v) is 9.40. The van der Waals surface area contributed by atoms with Crippen molar-refractivity contribution in [3.05, 3.63) is 47.9 Å². The van der Waals surface area contributed by atoms with Crippen molar-refractivity contribution in [2.75, 3.05) is 19.0 Å². The molecule has 0 bridgehead atoms. The third-order valence-electron chi connectivity index (χ3n) is 5.63. The van der Waals surface area contributed by atoms with E-state index < -0.39 is 5.60 Å². The number of anilines is 2. The molecule has 3 heterocycles. The first kappa shape index (κ1) is 24.0. The predicted molar refractivity (Wildman–Crippen MR) is 130 cm³/mol. The number of nitrogens with one attached hydrogen (secondary N) is 2. The Morgan fingerprint density at radius 3 is 2.77 bits per heavy atom. The van der Waals surface area contributed by atoms with Crippen molar-refractivity contribution in [2.45, 2.75) is 51.7 Å². The molecular weight excluding hydrogens is 446 g/mol. The molecule has 3 aromatic rings. The molecule has 10 nitrogen and oxygen atoms in total. The van der Waals surface area contributed by atoms with Crippen LogP contribution < -0.4 is 10.1 Å². The van der Waals surface area contributed by atoms with Crippen molar-refractivity contribution in [3.8, 4) is 23.1 Å². The molecule has 0 saturated carbocycles. The van der Waals surface area contributed by atoms with Crippen LogP contribution in [0.5, 0.6) is 5.75 Å². The summed E-state index contributed by atoms with van der Waals surface area (Å²) in [6.07, 6.45) is 5.25. The quantitative estimate of drug-likeness (QED) is 0.536. The van der Waals surface area contributed by atoms with E-state index in [1.165, 1.54) is 12.4 Å². The molecule has 1 unspecified atom stereocenters. The lowest BCUT2D eigenvalue weighted by molar-refractivity contribution is 0.0227. The zero-order chi connectivity index (χ0) is 25.0. The van der Waals surface area contributed by atoms with Crippen molar-refractivity contribution >= 4 is 17.7 Å². The Balaban J connectivity index is 1.47. The van der Waals surface area contributed by atoms with Gasteiger partial charge in [-0.2, -0.15) is 10.4 Å². The Morgan fingerprint density at radius 1 is 1.26 bits per heavy atom. The zero-order valence-electron chi connectivity index (χ0n) is 20.3. The number of H-pyrrole nitrogens is 1. The van der Waals surface area contributed by atoms with E-state index in [0.717, 1.165) is 36.1 Å². The molecule has 0 aliphatic carbocycles. The summed E-state index contributed by atoms with van der Waals surface area (Å²) in [5, 5.41) is 19.2. The highest BCUT2D eigenvalue weighted by Crippen LogP contribution is 2.33. The molecule has 1 amide bonds. The van der Waals surface area contributed by atoms with Crippen LogP contribution in [0.15, 0.2) is 36.7 Å². The largest absolute Gasteiger partial charge is 0.496 e. The lowest BCUT2D eigenvalue weighted by Gasteiger charge is -2.28. The number of carbonyl (C=O) groups is 1. The lowest BCUT2D eigenvalue weighted by Crippen LogP contribution is -2.40. The van der Waals surface area contributed by atoms with Crippen LogP contribution in [-0.2, 0) is 11.2 Å². The molecule has 1 saturated heterocycles. The van der Waals surface area contributed by atoms with Crippen molar-refractivity contribution < 1.29 is 14.3 Å². The van der Waals surface area contributed by atoms with Gasteiger partial charge in [-0.05, 0) is 57.7 Å². The number of ether oxygens (including phenoxy) is 2. The summed E-state index contributed by atoms with van der Waals surface area (Å²) in [6.45, 7) is 6.36. The van der Waals surface area contributed by atoms with Crippen molar-refractivity contribution in [1.82, 2.24) is 25.1 Å². The summed E-state index contributed by atoms with van der Waals surface area (Å²) < 4.78 is 11.3. The summed E-state index contributed by atoms with van der Waals surface area (Å²) >= 11 is 0. The number of hydrogen-bond acceptors (Lipinski definition) is 8. The van der Waals surface area contributed by atoms with Crippen LogP contribution >= 0.6 is 0 Å². The van der Waals surface area contributed by atoms with Crippen LogP contribution in [0.25, 0.3) is 11.3 Å². The number of rotatable bonds is 6. The maximum absolute atomic E-state index is 12.6. The van der Waals surface area contributed by atoms with Gasteiger partial charge in [0.1, 0.15) is 23.2 Å². The summed E-state index contributed by atoms with van der Waals surface area (Å²) in [4.78, 5) is 22.6. The van der Waals surface area contributed by atoms with Gasteiger partial charge >= 0.3 is 6.09 Å². The molecule has 2 N–H and O–H groups in total. The van der Waals surface area contributed by atoms with Crippen LogP contribution in [0.1, 0.15) is 44.9 Å². The SMILES string of the molecule is COc1cc(CC2CCCN2C(=O)OC(C)(C)C)ccc1-c1cc(Nc2cnc(C#N)cn2)n[nH]1. The molecule has 1 aliphatic heterocycles. The Bertz CT molecular complexity index is 1230. The number of nitrogens with zero attached hydrogens (tertiary/aromatic N) is 5.